The van der Waals surface area contributed by atoms with Crippen molar-refractivity contribution in [3.8, 4) is 11.8 Å². The number of methoxy groups -OCH3 is 1. The van der Waals surface area contributed by atoms with Crippen molar-refractivity contribution >= 4 is 17.6 Å². The van der Waals surface area contributed by atoms with E-state index in [2.05, 4.69) is 4.74 Å². The van der Waals surface area contributed by atoms with Crippen LogP contribution in [0.2, 0.25) is 5.02 Å². The maximum atomic E-state index is 11.1. The number of benzene rings is 1. The van der Waals surface area contributed by atoms with Gasteiger partial charge in [-0.1, -0.05) is 11.6 Å². The summed E-state index contributed by atoms with van der Waals surface area (Å²) in [4.78, 5) is 11.1. The second-order valence-electron chi connectivity index (χ2n) is 2.42. The number of rotatable bonds is 1. The Morgan fingerprint density at radius 2 is 2.29 bits per heavy atom. The van der Waals surface area contributed by atoms with Gasteiger partial charge in [-0.25, -0.2) is 4.79 Å². The molecule has 0 unspecified atom stereocenters. The number of esters is 1. The summed E-state index contributed by atoms with van der Waals surface area (Å²) < 4.78 is 4.44. The molecule has 0 bridgehead atoms. The highest BCUT2D eigenvalue weighted by atomic mass is 35.5. The highest BCUT2D eigenvalue weighted by Crippen LogP contribution is 2.29. The van der Waals surface area contributed by atoms with Crippen molar-refractivity contribution in [2.24, 2.45) is 0 Å². The number of phenols is 1. The maximum Gasteiger partial charge on any atom is 0.339 e. The minimum atomic E-state index is -0.663. The number of hydrogen-bond donors (Lipinski definition) is 1. The van der Waals surface area contributed by atoms with Gasteiger partial charge >= 0.3 is 5.97 Å². The molecule has 0 aliphatic rings. The zero-order valence-corrected chi connectivity index (χ0v) is 8.00. The number of halogens is 1. The zero-order chi connectivity index (χ0) is 10.7. The van der Waals surface area contributed by atoms with Gasteiger partial charge in [0.25, 0.3) is 0 Å². The summed E-state index contributed by atoms with van der Waals surface area (Å²) in [5, 5.41) is 17.7. The van der Waals surface area contributed by atoms with E-state index in [1.807, 2.05) is 0 Å². The van der Waals surface area contributed by atoms with Crippen molar-refractivity contribution < 1.29 is 14.6 Å². The first-order valence-corrected chi connectivity index (χ1v) is 3.99. The maximum absolute atomic E-state index is 11.1. The van der Waals surface area contributed by atoms with E-state index in [4.69, 9.17) is 16.9 Å². The van der Waals surface area contributed by atoms with Crippen LogP contribution < -0.4 is 0 Å². The predicted molar refractivity (Wildman–Crippen MR) is 49.2 cm³/mol. The van der Waals surface area contributed by atoms with Crippen LogP contribution in [0.25, 0.3) is 0 Å². The average Bonchev–Trinajstić information content (AvgIpc) is 2.20. The van der Waals surface area contributed by atoms with Gasteiger partial charge in [-0.05, 0) is 12.1 Å². The predicted octanol–water partition coefficient (Wildman–Crippen LogP) is 1.70. The van der Waals surface area contributed by atoms with Crippen LogP contribution >= 0.6 is 11.6 Å². The summed E-state index contributed by atoms with van der Waals surface area (Å²) in [6.45, 7) is 0. The van der Waals surface area contributed by atoms with Gasteiger partial charge in [-0.2, -0.15) is 5.26 Å². The van der Waals surface area contributed by atoms with Gasteiger partial charge in [0.1, 0.15) is 16.8 Å². The Labute approximate surface area is 85.3 Å². The van der Waals surface area contributed by atoms with E-state index in [9.17, 15) is 9.90 Å². The lowest BCUT2D eigenvalue weighted by Gasteiger charge is -2.04. The lowest BCUT2D eigenvalue weighted by Crippen LogP contribution is -2.04. The molecule has 1 rings (SSSR count). The Balaban J connectivity index is 3.40. The molecule has 0 aromatic heterocycles. The topological polar surface area (TPSA) is 70.3 Å². The number of phenolic OH excluding ortho intramolecular Hbond substituents is 1. The van der Waals surface area contributed by atoms with Gasteiger partial charge in [0.05, 0.1) is 18.2 Å². The van der Waals surface area contributed by atoms with Crippen LogP contribution in [0.4, 0.5) is 0 Å². The third kappa shape index (κ3) is 1.63. The summed E-state index contributed by atoms with van der Waals surface area (Å²) >= 11 is 5.62. The molecule has 1 N–H and O–H groups in total. The fourth-order valence-electron chi connectivity index (χ4n) is 0.954. The summed E-state index contributed by atoms with van der Waals surface area (Å²) in [6, 6.07) is 4.24. The van der Waals surface area contributed by atoms with Crippen LogP contribution in [0.1, 0.15) is 15.9 Å². The van der Waals surface area contributed by atoms with Crippen molar-refractivity contribution in [3.63, 3.8) is 0 Å². The fraction of sp³-hybridized carbons (Fsp3) is 0.111. The monoisotopic (exact) mass is 211 g/mol. The van der Waals surface area contributed by atoms with Gasteiger partial charge in [0.15, 0.2) is 0 Å². The zero-order valence-electron chi connectivity index (χ0n) is 7.24. The second-order valence-corrected chi connectivity index (χ2v) is 2.80. The van der Waals surface area contributed by atoms with Crippen molar-refractivity contribution in [2.75, 3.05) is 7.11 Å². The highest BCUT2D eigenvalue weighted by molar-refractivity contribution is 6.33. The largest absolute Gasteiger partial charge is 0.506 e. The molecule has 0 heterocycles. The molecule has 14 heavy (non-hydrogen) atoms. The molecule has 72 valence electrons. The first-order valence-electron chi connectivity index (χ1n) is 3.61. The molecule has 0 amide bonds. The van der Waals surface area contributed by atoms with Gasteiger partial charge < -0.3 is 9.84 Å². The number of carbonyl (C=O) groups excluding carboxylic acids is 1. The van der Waals surface area contributed by atoms with E-state index in [-0.39, 0.29) is 21.9 Å². The van der Waals surface area contributed by atoms with Crippen LogP contribution in [0.15, 0.2) is 12.1 Å². The highest BCUT2D eigenvalue weighted by Gasteiger charge is 2.16. The van der Waals surface area contributed by atoms with Gasteiger partial charge in [0.2, 0.25) is 0 Å². The van der Waals surface area contributed by atoms with Crippen molar-refractivity contribution in [2.45, 2.75) is 0 Å². The standard InChI is InChI=1S/C9H6ClNO3/c1-14-9(13)5-2-3-7(12)8(10)6(5)4-11/h2-3,12H,1H3. The van der Waals surface area contributed by atoms with E-state index in [1.165, 1.54) is 19.2 Å². The Hall–Kier alpha value is -1.73. The molecule has 0 spiro atoms. The molecule has 0 radical (unpaired) electrons. The quantitative estimate of drug-likeness (QED) is 0.718. The Morgan fingerprint density at radius 1 is 1.64 bits per heavy atom. The van der Waals surface area contributed by atoms with Gasteiger partial charge in [-0.3, -0.25) is 0 Å². The van der Waals surface area contributed by atoms with E-state index < -0.39 is 5.97 Å². The number of nitriles is 1. The summed E-state index contributed by atoms with van der Waals surface area (Å²) in [6.07, 6.45) is 0. The first-order chi connectivity index (χ1) is 6.61. The number of hydrogen-bond acceptors (Lipinski definition) is 4. The molecule has 4 nitrogen and oxygen atoms in total. The van der Waals surface area contributed by atoms with E-state index in [1.54, 1.807) is 6.07 Å². The third-order valence-corrected chi connectivity index (χ3v) is 2.02. The Kier molecular flexibility index (Phi) is 2.95. The van der Waals surface area contributed by atoms with Crippen LogP contribution in [-0.2, 0) is 4.74 Å². The van der Waals surface area contributed by atoms with Crippen LogP contribution in [0.3, 0.4) is 0 Å². The summed E-state index contributed by atoms with van der Waals surface area (Å²) in [5.41, 5.74) is -0.0451. The molecule has 1 aromatic carbocycles. The lowest BCUT2D eigenvalue weighted by molar-refractivity contribution is 0.0600. The fourth-order valence-corrected chi connectivity index (χ4v) is 1.16. The smallest absolute Gasteiger partial charge is 0.339 e. The van der Waals surface area contributed by atoms with Crippen LogP contribution in [0.5, 0.6) is 5.75 Å². The van der Waals surface area contributed by atoms with Crippen molar-refractivity contribution in [1.29, 1.82) is 5.26 Å². The van der Waals surface area contributed by atoms with E-state index >= 15 is 0 Å². The lowest BCUT2D eigenvalue weighted by atomic mass is 10.1. The van der Waals surface area contributed by atoms with Crippen molar-refractivity contribution in [1.82, 2.24) is 0 Å². The molecule has 0 aliphatic carbocycles. The molecule has 0 fully saturated rings. The molecule has 1 aromatic rings. The number of aromatic hydroxyl groups is 1. The SMILES string of the molecule is COC(=O)c1ccc(O)c(Cl)c1C#N. The van der Waals surface area contributed by atoms with E-state index in [0.717, 1.165) is 0 Å². The second kappa shape index (κ2) is 3.99. The Bertz CT molecular complexity index is 423. The average molecular weight is 212 g/mol. The third-order valence-electron chi connectivity index (χ3n) is 1.64. The summed E-state index contributed by atoms with van der Waals surface area (Å²) in [7, 11) is 1.20. The van der Waals surface area contributed by atoms with E-state index in [0.29, 0.717) is 0 Å². The minimum absolute atomic E-state index is 0.0396. The molecule has 0 aliphatic heterocycles. The molecule has 0 atom stereocenters. The number of ether oxygens (including phenoxy) is 1. The summed E-state index contributed by atoms with van der Waals surface area (Å²) in [5.74, 6) is -0.903. The molecular weight excluding hydrogens is 206 g/mol. The molecular formula is C9H6ClNO3. The van der Waals surface area contributed by atoms with Crippen molar-refractivity contribution in [3.05, 3.63) is 28.3 Å². The molecule has 5 heteroatoms. The molecule has 0 saturated heterocycles. The van der Waals surface area contributed by atoms with Crippen LogP contribution in [0, 0.1) is 11.3 Å². The van der Waals surface area contributed by atoms with Gasteiger partial charge in [-0.15, -0.1) is 0 Å². The number of carbonyl (C=O) groups is 1. The minimum Gasteiger partial charge on any atom is -0.506 e. The Morgan fingerprint density at radius 3 is 2.79 bits per heavy atom. The first kappa shape index (κ1) is 10.4. The number of nitrogens with zero attached hydrogens (tertiary/aromatic N) is 1. The normalized spacial score (nSPS) is 9.21. The van der Waals surface area contributed by atoms with Gasteiger partial charge in [0, 0.05) is 0 Å². The van der Waals surface area contributed by atoms with Crippen LogP contribution in [-0.4, -0.2) is 18.2 Å². The molecule has 0 saturated carbocycles.